The highest BCUT2D eigenvalue weighted by Crippen LogP contribution is 2.31. The van der Waals surface area contributed by atoms with Crippen LogP contribution in [0, 0.1) is 6.92 Å². The first-order valence-electron chi connectivity index (χ1n) is 11.9. The van der Waals surface area contributed by atoms with Gasteiger partial charge < -0.3 is 19.5 Å². The van der Waals surface area contributed by atoms with Crippen LogP contribution in [-0.2, 0) is 9.59 Å². The molecule has 1 saturated carbocycles. The highest BCUT2D eigenvalue weighted by Gasteiger charge is 2.36. The third-order valence-corrected chi connectivity index (χ3v) is 6.18. The van der Waals surface area contributed by atoms with Crippen molar-refractivity contribution in [2.45, 2.75) is 51.6 Å². The van der Waals surface area contributed by atoms with Crippen LogP contribution in [0.25, 0.3) is 0 Å². The van der Waals surface area contributed by atoms with Gasteiger partial charge in [-0.05, 0) is 63.1 Å². The molecular formula is C27H29N3O6. The molecule has 0 radical (unpaired) electrons. The predicted octanol–water partition coefficient (Wildman–Crippen LogP) is 3.95. The van der Waals surface area contributed by atoms with Crippen molar-refractivity contribution in [1.82, 2.24) is 10.6 Å². The van der Waals surface area contributed by atoms with Gasteiger partial charge in [0.25, 0.3) is 11.8 Å². The summed E-state index contributed by atoms with van der Waals surface area (Å²) in [5.41, 5.74) is 0.719. The van der Waals surface area contributed by atoms with Crippen LogP contribution >= 0.6 is 0 Å². The first-order chi connectivity index (χ1) is 17.3. The van der Waals surface area contributed by atoms with E-state index in [1.54, 1.807) is 49.4 Å². The molecule has 3 aromatic rings. The van der Waals surface area contributed by atoms with Gasteiger partial charge in [-0.15, -0.1) is 0 Å². The SMILES string of the molecule is CC(=O)c1cccc(N(C(=O)CNC(=O)c2ccco2)[C@H](C(=O)NC2CCCC2)c2ccc(C)o2)c1. The maximum Gasteiger partial charge on any atom is 0.287 e. The Balaban J connectivity index is 1.70. The molecule has 0 unspecified atom stereocenters. The zero-order valence-corrected chi connectivity index (χ0v) is 20.3. The Kier molecular flexibility index (Phi) is 7.68. The maximum absolute atomic E-state index is 13.6. The van der Waals surface area contributed by atoms with Gasteiger partial charge in [-0.1, -0.05) is 25.0 Å². The van der Waals surface area contributed by atoms with E-state index in [0.29, 0.717) is 17.0 Å². The molecule has 2 N–H and O–H groups in total. The van der Waals surface area contributed by atoms with Crippen LogP contribution in [0.4, 0.5) is 5.69 Å². The molecule has 9 heteroatoms. The van der Waals surface area contributed by atoms with Gasteiger partial charge in [-0.3, -0.25) is 24.1 Å². The number of hydrogen-bond donors (Lipinski definition) is 2. The third-order valence-electron chi connectivity index (χ3n) is 6.18. The Morgan fingerprint density at radius 3 is 2.47 bits per heavy atom. The maximum atomic E-state index is 13.6. The number of anilines is 1. The summed E-state index contributed by atoms with van der Waals surface area (Å²) in [6.07, 6.45) is 5.14. The number of aryl methyl sites for hydroxylation is 1. The van der Waals surface area contributed by atoms with Crippen LogP contribution in [0.2, 0.25) is 0 Å². The van der Waals surface area contributed by atoms with Crippen LogP contribution in [0.1, 0.15) is 71.1 Å². The third kappa shape index (κ3) is 5.73. The first-order valence-corrected chi connectivity index (χ1v) is 11.9. The lowest BCUT2D eigenvalue weighted by atomic mass is 10.1. The quantitative estimate of drug-likeness (QED) is 0.437. The highest BCUT2D eigenvalue weighted by atomic mass is 16.3. The largest absolute Gasteiger partial charge is 0.464 e. The van der Waals surface area contributed by atoms with Gasteiger partial charge in [0.05, 0.1) is 12.8 Å². The van der Waals surface area contributed by atoms with E-state index >= 15 is 0 Å². The Bertz CT molecular complexity index is 1240. The zero-order chi connectivity index (χ0) is 25.7. The van der Waals surface area contributed by atoms with E-state index in [1.165, 1.54) is 24.2 Å². The van der Waals surface area contributed by atoms with Crippen molar-refractivity contribution in [3.63, 3.8) is 0 Å². The molecule has 0 bridgehead atoms. The fourth-order valence-corrected chi connectivity index (χ4v) is 4.37. The minimum atomic E-state index is -1.14. The molecule has 1 aliphatic carbocycles. The number of nitrogens with one attached hydrogen (secondary N) is 2. The Labute approximate surface area is 208 Å². The Morgan fingerprint density at radius 2 is 1.83 bits per heavy atom. The molecule has 1 aromatic carbocycles. The fourth-order valence-electron chi connectivity index (χ4n) is 4.37. The van der Waals surface area contributed by atoms with Gasteiger partial charge in [-0.25, -0.2) is 0 Å². The molecule has 0 spiro atoms. The van der Waals surface area contributed by atoms with Crippen LogP contribution in [0.15, 0.2) is 63.6 Å². The number of carbonyl (C=O) groups excluding carboxylic acids is 4. The van der Waals surface area contributed by atoms with Crippen molar-refractivity contribution >= 4 is 29.2 Å². The standard InChI is InChI=1S/C27H29N3O6/c1-17-12-13-22(36-17)25(27(34)29-20-8-3-4-9-20)30(21-10-5-7-19(15-21)18(2)31)24(32)16-28-26(33)23-11-6-14-35-23/h5-7,10-15,20,25H,3-4,8-9,16H2,1-2H3,(H,28,33)(H,29,34)/t25-/m0/s1. The molecule has 0 saturated heterocycles. The van der Waals surface area contributed by atoms with Crippen molar-refractivity contribution in [2.75, 3.05) is 11.4 Å². The van der Waals surface area contributed by atoms with Crippen molar-refractivity contribution in [1.29, 1.82) is 0 Å². The van der Waals surface area contributed by atoms with Gasteiger partial charge in [0.2, 0.25) is 5.91 Å². The second-order valence-corrected chi connectivity index (χ2v) is 8.87. The predicted molar refractivity (Wildman–Crippen MR) is 132 cm³/mol. The molecule has 0 aliphatic heterocycles. The number of Topliss-reactive ketones (excluding diaryl/α,β-unsaturated/α-hetero) is 1. The van der Waals surface area contributed by atoms with E-state index in [-0.39, 0.29) is 23.3 Å². The first kappa shape index (κ1) is 25.0. The van der Waals surface area contributed by atoms with Crippen molar-refractivity contribution in [2.24, 2.45) is 0 Å². The van der Waals surface area contributed by atoms with Crippen molar-refractivity contribution in [3.8, 4) is 0 Å². The summed E-state index contributed by atoms with van der Waals surface area (Å²) in [4.78, 5) is 53.0. The van der Waals surface area contributed by atoms with E-state index in [1.807, 2.05) is 0 Å². The number of amides is 3. The topological polar surface area (TPSA) is 122 Å². The molecule has 2 aromatic heterocycles. The number of furan rings is 2. The summed E-state index contributed by atoms with van der Waals surface area (Å²) < 4.78 is 10.9. The normalized spacial score (nSPS) is 14.3. The Morgan fingerprint density at radius 1 is 1.06 bits per heavy atom. The number of nitrogens with zero attached hydrogens (tertiary/aromatic N) is 1. The second-order valence-electron chi connectivity index (χ2n) is 8.87. The van der Waals surface area contributed by atoms with Gasteiger partial charge in [0.1, 0.15) is 11.5 Å². The Hall–Kier alpha value is -4.14. The minimum Gasteiger partial charge on any atom is -0.464 e. The molecule has 3 amide bonds. The van der Waals surface area contributed by atoms with Crippen LogP contribution in [0.3, 0.4) is 0 Å². The van der Waals surface area contributed by atoms with Crippen LogP contribution in [0.5, 0.6) is 0 Å². The summed E-state index contributed by atoms with van der Waals surface area (Å²) in [7, 11) is 0. The van der Waals surface area contributed by atoms with Gasteiger partial charge in [0.15, 0.2) is 17.6 Å². The molecule has 188 valence electrons. The number of benzene rings is 1. The van der Waals surface area contributed by atoms with E-state index in [0.717, 1.165) is 25.7 Å². The highest BCUT2D eigenvalue weighted by molar-refractivity contribution is 6.05. The minimum absolute atomic E-state index is 0.00946. The van der Waals surface area contributed by atoms with Crippen LogP contribution < -0.4 is 15.5 Å². The lowest BCUT2D eigenvalue weighted by molar-refractivity contribution is -0.127. The second kappa shape index (κ2) is 11.1. The summed E-state index contributed by atoms with van der Waals surface area (Å²) in [6, 6.07) is 11.8. The molecule has 1 aliphatic rings. The van der Waals surface area contributed by atoms with Crippen molar-refractivity contribution < 1.29 is 28.0 Å². The molecule has 9 nitrogen and oxygen atoms in total. The molecule has 1 fully saturated rings. The van der Waals surface area contributed by atoms with E-state index < -0.39 is 30.3 Å². The van der Waals surface area contributed by atoms with Gasteiger partial charge in [0, 0.05) is 17.3 Å². The number of ketones is 1. The van der Waals surface area contributed by atoms with E-state index in [2.05, 4.69) is 10.6 Å². The summed E-state index contributed by atoms with van der Waals surface area (Å²) >= 11 is 0. The zero-order valence-electron chi connectivity index (χ0n) is 20.3. The van der Waals surface area contributed by atoms with E-state index in [9.17, 15) is 19.2 Å². The smallest absolute Gasteiger partial charge is 0.287 e. The molecule has 36 heavy (non-hydrogen) atoms. The number of hydrogen-bond acceptors (Lipinski definition) is 6. The molecule has 1 atom stereocenters. The van der Waals surface area contributed by atoms with Crippen molar-refractivity contribution in [3.05, 3.63) is 77.6 Å². The van der Waals surface area contributed by atoms with Gasteiger partial charge >= 0.3 is 0 Å². The summed E-state index contributed by atoms with van der Waals surface area (Å²) in [5, 5.41) is 5.60. The lowest BCUT2D eigenvalue weighted by Crippen LogP contribution is -2.49. The number of carbonyl (C=O) groups is 4. The average molecular weight is 492 g/mol. The van der Waals surface area contributed by atoms with E-state index in [4.69, 9.17) is 8.83 Å². The lowest BCUT2D eigenvalue weighted by Gasteiger charge is -2.31. The summed E-state index contributed by atoms with van der Waals surface area (Å²) in [6.45, 7) is 2.77. The molecule has 4 rings (SSSR count). The average Bonchev–Trinajstić information content (AvgIpc) is 3.64. The van der Waals surface area contributed by atoms with Gasteiger partial charge in [-0.2, -0.15) is 0 Å². The number of rotatable bonds is 9. The molecular weight excluding hydrogens is 462 g/mol. The molecule has 2 heterocycles. The van der Waals surface area contributed by atoms with Crippen LogP contribution in [-0.4, -0.2) is 36.1 Å². The summed E-state index contributed by atoms with van der Waals surface area (Å²) in [5.74, 6) is -0.777. The fraction of sp³-hybridized carbons (Fsp3) is 0.333. The monoisotopic (exact) mass is 491 g/mol.